The van der Waals surface area contributed by atoms with E-state index in [-0.39, 0.29) is 17.7 Å². The fourth-order valence-corrected chi connectivity index (χ4v) is 6.04. The third kappa shape index (κ3) is 8.60. The van der Waals surface area contributed by atoms with Gasteiger partial charge in [-0.2, -0.15) is 0 Å². The van der Waals surface area contributed by atoms with Crippen molar-refractivity contribution < 1.29 is 19.1 Å². The molecule has 0 radical (unpaired) electrons. The Morgan fingerprint density at radius 2 is 1.35 bits per heavy atom. The number of carbonyl (C=O) groups is 3. The Balaban J connectivity index is 1.26. The largest absolute Gasteiger partial charge is 0.494 e. The van der Waals surface area contributed by atoms with Crippen LogP contribution in [-0.4, -0.2) is 46.8 Å². The van der Waals surface area contributed by atoms with E-state index in [2.05, 4.69) is 77.8 Å². The summed E-state index contributed by atoms with van der Waals surface area (Å²) in [5.41, 5.74) is 5.71. The summed E-state index contributed by atoms with van der Waals surface area (Å²) in [4.78, 5) is 48.3. The molecule has 3 aromatic carbocycles. The van der Waals surface area contributed by atoms with E-state index in [4.69, 9.17) is 4.74 Å². The molecule has 9 heteroatoms. The van der Waals surface area contributed by atoms with Gasteiger partial charge in [-0.1, -0.05) is 81.4 Å². The van der Waals surface area contributed by atoms with Crippen molar-refractivity contribution in [1.82, 2.24) is 20.6 Å². The first-order valence-corrected chi connectivity index (χ1v) is 16.8. The summed E-state index contributed by atoms with van der Waals surface area (Å²) >= 11 is 1.41. The molecule has 0 saturated carbocycles. The lowest BCUT2D eigenvalue weighted by Crippen LogP contribution is -2.50. The Bertz CT molecular complexity index is 1840. The number of thiophene rings is 1. The molecule has 2 heterocycles. The maximum atomic E-state index is 13.2. The van der Waals surface area contributed by atoms with Crippen LogP contribution < -0.4 is 15.4 Å². The summed E-state index contributed by atoms with van der Waals surface area (Å²) in [6, 6.07) is 26.1. The third-order valence-electron chi connectivity index (χ3n) is 7.79. The van der Waals surface area contributed by atoms with E-state index in [0.717, 1.165) is 44.0 Å². The second kappa shape index (κ2) is 15.2. The van der Waals surface area contributed by atoms with Gasteiger partial charge in [-0.3, -0.25) is 9.59 Å². The molecule has 0 saturated heterocycles. The molecule has 0 fully saturated rings. The summed E-state index contributed by atoms with van der Waals surface area (Å²) < 4.78 is 5.54. The first-order valence-electron chi connectivity index (χ1n) is 16.0. The zero-order valence-electron chi connectivity index (χ0n) is 27.8. The smallest absolute Gasteiger partial charge is 0.262 e. The fraction of sp³-hybridized carbons (Fsp3) is 0.256. The molecule has 5 aromatic rings. The van der Waals surface area contributed by atoms with Crippen molar-refractivity contribution >= 4 is 29.4 Å². The number of benzene rings is 3. The number of aromatic nitrogens is 2. The first-order chi connectivity index (χ1) is 23.0. The summed E-state index contributed by atoms with van der Waals surface area (Å²) in [5.74, 6) is 0.678. The van der Waals surface area contributed by atoms with E-state index in [0.29, 0.717) is 23.6 Å². The third-order valence-corrected chi connectivity index (χ3v) is 9.30. The van der Waals surface area contributed by atoms with Crippen LogP contribution in [0.4, 0.5) is 0 Å². The number of nitrogens with zero attached hydrogens (tertiary/aromatic N) is 2. The highest BCUT2D eigenvalue weighted by Crippen LogP contribution is 2.30. The predicted octanol–water partition coefficient (Wildman–Crippen LogP) is 7.28. The molecular formula is C39H40N4O4S. The van der Waals surface area contributed by atoms with Crippen LogP contribution in [0.25, 0.3) is 33.6 Å². The van der Waals surface area contributed by atoms with Gasteiger partial charge in [0.2, 0.25) is 5.91 Å². The maximum Gasteiger partial charge on any atom is 0.262 e. The molecule has 246 valence electrons. The Hall–Kier alpha value is -5.15. The van der Waals surface area contributed by atoms with E-state index < -0.39 is 18.0 Å². The lowest BCUT2D eigenvalue weighted by Gasteiger charge is -2.20. The van der Waals surface area contributed by atoms with Crippen LogP contribution in [0.5, 0.6) is 5.75 Å². The van der Waals surface area contributed by atoms with E-state index in [9.17, 15) is 14.4 Å². The predicted molar refractivity (Wildman–Crippen MR) is 191 cm³/mol. The van der Waals surface area contributed by atoms with Crippen molar-refractivity contribution in [2.75, 3.05) is 6.61 Å². The van der Waals surface area contributed by atoms with Crippen molar-refractivity contribution in [1.29, 1.82) is 0 Å². The first kappa shape index (κ1) is 34.2. The van der Waals surface area contributed by atoms with Gasteiger partial charge in [-0.05, 0) is 65.8 Å². The summed E-state index contributed by atoms with van der Waals surface area (Å²) in [5, 5.41) is 5.54. The summed E-state index contributed by atoms with van der Waals surface area (Å²) in [6.07, 6.45) is 4.52. The normalized spacial score (nSPS) is 12.5. The number of hydrogen-bond donors (Lipinski definition) is 2. The van der Waals surface area contributed by atoms with Gasteiger partial charge in [0.05, 0.1) is 17.5 Å². The van der Waals surface area contributed by atoms with Crippen LogP contribution >= 0.6 is 11.3 Å². The quantitative estimate of drug-likeness (QED) is 0.136. The number of rotatable bonds is 12. The van der Waals surface area contributed by atoms with Gasteiger partial charge in [0.1, 0.15) is 18.1 Å². The van der Waals surface area contributed by atoms with Gasteiger partial charge in [0.25, 0.3) is 5.91 Å². The molecule has 0 spiro atoms. The van der Waals surface area contributed by atoms with Crippen LogP contribution in [-0.2, 0) is 21.4 Å². The fourth-order valence-electron chi connectivity index (χ4n) is 5.08. The van der Waals surface area contributed by atoms with Crippen molar-refractivity contribution in [2.45, 2.75) is 58.5 Å². The van der Waals surface area contributed by atoms with Crippen LogP contribution in [0.2, 0.25) is 0 Å². The standard InChI is InChI=1S/C39H40N4O4S/c1-6-47-32-17-15-28(16-18-32)27-11-13-29(14-12-27)31-22-40-36(41-23-31)30-9-7-26(8-10-30)21-33(37(45)42-25(2)24-44)43-38(46)34-19-20-35(48-34)39(3,4)5/h7-20,22-25,33H,6,21H2,1-5H3,(H,42,45)(H,43,46)/t25-,33+/m1/s1. The maximum absolute atomic E-state index is 13.2. The zero-order valence-corrected chi connectivity index (χ0v) is 28.6. The summed E-state index contributed by atoms with van der Waals surface area (Å²) in [7, 11) is 0. The van der Waals surface area contributed by atoms with Crippen molar-refractivity contribution in [3.8, 4) is 39.4 Å². The molecule has 2 atom stereocenters. The Kier molecular flexibility index (Phi) is 10.8. The van der Waals surface area contributed by atoms with E-state index in [1.165, 1.54) is 11.3 Å². The van der Waals surface area contributed by atoms with Gasteiger partial charge in [0.15, 0.2) is 5.82 Å². The molecule has 2 aromatic heterocycles. The Labute approximate surface area is 285 Å². The molecule has 0 unspecified atom stereocenters. The monoisotopic (exact) mass is 660 g/mol. The Morgan fingerprint density at radius 1 is 0.792 bits per heavy atom. The molecule has 2 N–H and O–H groups in total. The second-order valence-corrected chi connectivity index (χ2v) is 13.7. The van der Waals surface area contributed by atoms with Gasteiger partial charge in [-0.25, -0.2) is 9.97 Å². The Morgan fingerprint density at radius 3 is 1.90 bits per heavy atom. The molecule has 0 bridgehead atoms. The van der Waals surface area contributed by atoms with Crippen molar-refractivity contribution in [3.63, 3.8) is 0 Å². The zero-order chi connectivity index (χ0) is 34.3. The topological polar surface area (TPSA) is 110 Å². The highest BCUT2D eigenvalue weighted by molar-refractivity contribution is 7.14. The minimum atomic E-state index is -0.873. The second-order valence-electron chi connectivity index (χ2n) is 12.6. The average molecular weight is 661 g/mol. The van der Waals surface area contributed by atoms with Crippen molar-refractivity contribution in [3.05, 3.63) is 113 Å². The molecule has 48 heavy (non-hydrogen) atoms. The molecule has 8 nitrogen and oxygen atoms in total. The van der Waals surface area contributed by atoms with Gasteiger partial charge >= 0.3 is 0 Å². The van der Waals surface area contributed by atoms with Crippen LogP contribution in [0.1, 0.15) is 54.7 Å². The van der Waals surface area contributed by atoms with E-state index >= 15 is 0 Å². The number of nitrogens with one attached hydrogen (secondary N) is 2. The molecule has 0 aliphatic rings. The molecular weight excluding hydrogens is 621 g/mol. The SMILES string of the molecule is CCOc1ccc(-c2ccc(-c3cnc(-c4ccc(C[C@H](NC(=O)c5ccc(C(C)(C)C)s5)C(=O)N[C@H](C)C=O)cc4)nc3)cc2)cc1. The number of carbonyl (C=O) groups excluding carboxylic acids is 3. The molecule has 0 aliphatic heterocycles. The van der Waals surface area contributed by atoms with Gasteiger partial charge in [0, 0.05) is 34.8 Å². The molecule has 5 rings (SSSR count). The van der Waals surface area contributed by atoms with Crippen LogP contribution in [0.3, 0.4) is 0 Å². The lowest BCUT2D eigenvalue weighted by atomic mass is 9.95. The minimum Gasteiger partial charge on any atom is -0.494 e. The molecule has 2 amide bonds. The van der Waals surface area contributed by atoms with Crippen LogP contribution in [0.15, 0.2) is 97.3 Å². The molecule has 0 aliphatic carbocycles. The lowest BCUT2D eigenvalue weighted by molar-refractivity contribution is -0.125. The summed E-state index contributed by atoms with van der Waals surface area (Å²) in [6.45, 7) is 10.5. The van der Waals surface area contributed by atoms with Gasteiger partial charge < -0.3 is 20.2 Å². The average Bonchev–Trinajstić information content (AvgIpc) is 3.61. The highest BCUT2D eigenvalue weighted by Gasteiger charge is 2.25. The number of amides is 2. The van der Waals surface area contributed by atoms with E-state index in [1.54, 1.807) is 13.0 Å². The highest BCUT2D eigenvalue weighted by atomic mass is 32.1. The number of hydrogen-bond acceptors (Lipinski definition) is 7. The number of ether oxygens (including phenoxy) is 1. The van der Waals surface area contributed by atoms with Crippen LogP contribution in [0, 0.1) is 0 Å². The minimum absolute atomic E-state index is 0.0885. The van der Waals surface area contributed by atoms with E-state index in [1.807, 2.05) is 61.8 Å². The number of aldehydes is 1. The van der Waals surface area contributed by atoms with Crippen molar-refractivity contribution in [2.24, 2.45) is 0 Å². The van der Waals surface area contributed by atoms with Gasteiger partial charge in [-0.15, -0.1) is 11.3 Å².